The fraction of sp³-hybridized carbons (Fsp3) is 0.143. The molecule has 0 saturated carbocycles. The zero-order valence-corrected chi connectivity index (χ0v) is 9.23. The number of rotatable bonds is 1. The summed E-state index contributed by atoms with van der Waals surface area (Å²) in [7, 11) is 0. The van der Waals surface area contributed by atoms with Gasteiger partial charge in [-0.2, -0.15) is 0 Å². The molecule has 0 spiro atoms. The first-order chi connectivity index (χ1) is 8.34. The van der Waals surface area contributed by atoms with Crippen LogP contribution >= 0.6 is 0 Å². The second-order valence-electron chi connectivity index (χ2n) is 4.00. The Bertz CT molecular complexity index is 573. The van der Waals surface area contributed by atoms with Gasteiger partial charge in [0.1, 0.15) is 5.82 Å². The fourth-order valence-electron chi connectivity index (χ4n) is 2.05. The number of hydrogen-bond acceptors (Lipinski definition) is 2. The van der Waals surface area contributed by atoms with Crippen molar-refractivity contribution >= 4 is 5.71 Å². The predicted molar refractivity (Wildman–Crippen MR) is 64.8 cm³/mol. The maximum atomic E-state index is 12.9. The molecular formula is C14H11FN2. The van der Waals surface area contributed by atoms with Crippen LogP contribution in [0, 0.1) is 5.82 Å². The van der Waals surface area contributed by atoms with Crippen LogP contribution in [0.1, 0.15) is 16.8 Å². The smallest absolute Gasteiger partial charge is 0.123 e. The van der Waals surface area contributed by atoms with Gasteiger partial charge in [0.2, 0.25) is 0 Å². The van der Waals surface area contributed by atoms with E-state index in [9.17, 15) is 4.39 Å². The normalized spacial score (nSPS) is 14.1. The van der Waals surface area contributed by atoms with Gasteiger partial charge in [0.25, 0.3) is 0 Å². The van der Waals surface area contributed by atoms with Gasteiger partial charge < -0.3 is 0 Å². The van der Waals surface area contributed by atoms with Gasteiger partial charge in [0.05, 0.1) is 11.4 Å². The Morgan fingerprint density at radius 2 is 1.88 bits per heavy atom. The average Bonchev–Trinajstić information content (AvgIpc) is 2.39. The molecule has 0 N–H and O–H groups in total. The number of halogens is 1. The summed E-state index contributed by atoms with van der Waals surface area (Å²) in [5.41, 5.74) is 3.92. The van der Waals surface area contributed by atoms with Crippen molar-refractivity contribution in [3.05, 3.63) is 65.2 Å². The minimum absolute atomic E-state index is 0.230. The van der Waals surface area contributed by atoms with Crippen LogP contribution in [0.3, 0.4) is 0 Å². The van der Waals surface area contributed by atoms with Crippen molar-refractivity contribution in [1.82, 2.24) is 4.98 Å². The molecule has 2 nitrogen and oxygen atoms in total. The first-order valence-corrected chi connectivity index (χ1v) is 5.59. The Kier molecular flexibility index (Phi) is 2.44. The Morgan fingerprint density at radius 3 is 2.71 bits per heavy atom. The van der Waals surface area contributed by atoms with E-state index in [0.29, 0.717) is 0 Å². The van der Waals surface area contributed by atoms with E-state index in [0.717, 1.165) is 29.9 Å². The zero-order chi connectivity index (χ0) is 11.7. The van der Waals surface area contributed by atoms with E-state index in [1.54, 1.807) is 18.3 Å². The molecule has 84 valence electrons. The van der Waals surface area contributed by atoms with Crippen molar-refractivity contribution < 1.29 is 4.39 Å². The summed E-state index contributed by atoms with van der Waals surface area (Å²) in [5, 5.41) is 0. The molecule has 1 aromatic carbocycles. The largest absolute Gasteiger partial charge is 0.282 e. The maximum absolute atomic E-state index is 12.9. The third-order valence-electron chi connectivity index (χ3n) is 2.88. The number of nitrogens with zero attached hydrogens (tertiary/aromatic N) is 2. The summed E-state index contributed by atoms with van der Waals surface area (Å²) in [6, 6.07) is 10.4. The molecule has 2 heterocycles. The first-order valence-electron chi connectivity index (χ1n) is 5.59. The Hall–Kier alpha value is -2.03. The van der Waals surface area contributed by atoms with Gasteiger partial charge in [-0.15, -0.1) is 0 Å². The molecule has 0 atom stereocenters. The second kappa shape index (κ2) is 4.09. The van der Waals surface area contributed by atoms with Gasteiger partial charge in [-0.25, -0.2) is 4.39 Å². The van der Waals surface area contributed by atoms with E-state index in [1.807, 2.05) is 6.07 Å². The molecule has 0 fully saturated rings. The van der Waals surface area contributed by atoms with Crippen molar-refractivity contribution in [3.8, 4) is 0 Å². The summed E-state index contributed by atoms with van der Waals surface area (Å²) in [5.74, 6) is -0.230. The number of hydrogen-bond donors (Lipinski definition) is 0. The van der Waals surface area contributed by atoms with Crippen molar-refractivity contribution in [2.24, 2.45) is 4.99 Å². The third-order valence-corrected chi connectivity index (χ3v) is 2.88. The van der Waals surface area contributed by atoms with Crippen LogP contribution in [-0.4, -0.2) is 17.2 Å². The van der Waals surface area contributed by atoms with Crippen LogP contribution in [0.5, 0.6) is 0 Å². The van der Waals surface area contributed by atoms with Gasteiger partial charge in [-0.05, 0) is 42.3 Å². The molecule has 3 heteroatoms. The zero-order valence-electron chi connectivity index (χ0n) is 9.23. The molecular weight excluding hydrogens is 215 g/mol. The molecule has 3 rings (SSSR count). The minimum atomic E-state index is -0.230. The fourth-order valence-corrected chi connectivity index (χ4v) is 2.05. The summed E-state index contributed by atoms with van der Waals surface area (Å²) < 4.78 is 12.9. The highest BCUT2D eigenvalue weighted by molar-refractivity contribution is 6.12. The van der Waals surface area contributed by atoms with Crippen LogP contribution in [-0.2, 0) is 6.42 Å². The lowest BCUT2D eigenvalue weighted by atomic mass is 9.98. The van der Waals surface area contributed by atoms with Crippen molar-refractivity contribution in [1.29, 1.82) is 0 Å². The van der Waals surface area contributed by atoms with Gasteiger partial charge in [-0.3, -0.25) is 9.98 Å². The maximum Gasteiger partial charge on any atom is 0.123 e. The molecule has 1 aromatic heterocycles. The molecule has 1 aliphatic rings. The molecule has 0 unspecified atom stereocenters. The van der Waals surface area contributed by atoms with Crippen LogP contribution < -0.4 is 0 Å². The van der Waals surface area contributed by atoms with Gasteiger partial charge in [-0.1, -0.05) is 6.07 Å². The summed E-state index contributed by atoms with van der Waals surface area (Å²) in [6.45, 7) is 0.769. The van der Waals surface area contributed by atoms with Crippen LogP contribution in [0.2, 0.25) is 0 Å². The van der Waals surface area contributed by atoms with E-state index < -0.39 is 0 Å². The van der Waals surface area contributed by atoms with E-state index in [1.165, 1.54) is 17.7 Å². The Balaban J connectivity index is 2.09. The highest BCUT2D eigenvalue weighted by Crippen LogP contribution is 2.18. The average molecular weight is 226 g/mol. The summed E-state index contributed by atoms with van der Waals surface area (Å²) in [4.78, 5) is 8.88. The van der Waals surface area contributed by atoms with Crippen molar-refractivity contribution in [3.63, 3.8) is 0 Å². The first kappa shape index (κ1) is 10.1. The highest BCUT2D eigenvalue weighted by Gasteiger charge is 2.16. The molecule has 2 aromatic rings. The quantitative estimate of drug-likeness (QED) is 0.733. The Labute approximate surface area is 98.9 Å². The van der Waals surface area contributed by atoms with Gasteiger partial charge in [0, 0.05) is 18.3 Å². The topological polar surface area (TPSA) is 25.2 Å². The summed E-state index contributed by atoms with van der Waals surface area (Å²) in [6.07, 6.45) is 2.69. The van der Waals surface area contributed by atoms with Gasteiger partial charge in [0.15, 0.2) is 0 Å². The second-order valence-corrected chi connectivity index (χ2v) is 4.00. The Morgan fingerprint density at radius 1 is 1.06 bits per heavy atom. The highest BCUT2D eigenvalue weighted by atomic mass is 19.1. The molecule has 0 bridgehead atoms. The lowest BCUT2D eigenvalue weighted by Crippen LogP contribution is -2.15. The van der Waals surface area contributed by atoms with Crippen LogP contribution in [0.15, 0.2) is 47.6 Å². The monoisotopic (exact) mass is 226 g/mol. The number of aromatic nitrogens is 1. The van der Waals surface area contributed by atoms with Gasteiger partial charge >= 0.3 is 0 Å². The predicted octanol–water partition coefficient (Wildman–Crippen LogP) is 2.61. The number of benzene rings is 1. The molecule has 0 aliphatic carbocycles. The molecule has 0 amide bonds. The van der Waals surface area contributed by atoms with Crippen LogP contribution in [0.25, 0.3) is 0 Å². The lowest BCUT2D eigenvalue weighted by molar-refractivity contribution is 0.628. The summed E-state index contributed by atoms with van der Waals surface area (Å²) >= 11 is 0. The number of aliphatic imine (C=N–C) groups is 1. The van der Waals surface area contributed by atoms with Crippen LogP contribution in [0.4, 0.5) is 4.39 Å². The van der Waals surface area contributed by atoms with Crippen molar-refractivity contribution in [2.75, 3.05) is 6.54 Å². The molecule has 17 heavy (non-hydrogen) atoms. The molecule has 1 aliphatic heterocycles. The van der Waals surface area contributed by atoms with E-state index in [2.05, 4.69) is 16.0 Å². The standard InChI is InChI=1S/C14H11FN2/c15-12-5-3-11(4-6-12)14-13-10(7-9-17-14)2-1-8-16-13/h1-6,8H,7,9H2. The number of fused-ring (bicyclic) bond motifs is 1. The third kappa shape index (κ3) is 1.84. The minimum Gasteiger partial charge on any atom is -0.282 e. The van der Waals surface area contributed by atoms with Crippen molar-refractivity contribution in [2.45, 2.75) is 6.42 Å². The van der Waals surface area contributed by atoms with E-state index >= 15 is 0 Å². The number of pyridine rings is 1. The lowest BCUT2D eigenvalue weighted by Gasteiger charge is -2.15. The van der Waals surface area contributed by atoms with E-state index in [-0.39, 0.29) is 5.82 Å². The van der Waals surface area contributed by atoms with E-state index in [4.69, 9.17) is 0 Å². The molecule has 0 saturated heterocycles. The SMILES string of the molecule is Fc1ccc(C2=NCCc3cccnc32)cc1. The molecule has 0 radical (unpaired) electrons.